The number of carboxylic acids is 7. The van der Waals surface area contributed by atoms with Crippen molar-refractivity contribution in [2.45, 2.75) is 206 Å². The van der Waals surface area contributed by atoms with Gasteiger partial charge in [0.15, 0.2) is 0 Å². The van der Waals surface area contributed by atoms with Gasteiger partial charge in [0.2, 0.25) is 17.8 Å². The molecule has 0 aliphatic carbocycles. The second-order valence-corrected chi connectivity index (χ2v) is 32.9. The molecule has 0 amide bonds. The second kappa shape index (κ2) is 55.9. The molecule has 4 aromatic rings. The number of aliphatic carboxylic acids is 7. The zero-order valence-corrected chi connectivity index (χ0v) is 75.0. The van der Waals surface area contributed by atoms with Crippen LogP contribution < -0.4 is 37.4 Å². The summed E-state index contributed by atoms with van der Waals surface area (Å²) in [6.45, 7) is 11.2. The highest BCUT2D eigenvalue weighted by Crippen LogP contribution is 2.26. The van der Waals surface area contributed by atoms with Gasteiger partial charge in [-0.05, 0) is 148 Å². The van der Waals surface area contributed by atoms with Crippen LogP contribution in [0.2, 0.25) is 0 Å². The molecule has 2 aliphatic rings. The van der Waals surface area contributed by atoms with E-state index in [1.54, 1.807) is 87.7 Å². The van der Waals surface area contributed by atoms with Gasteiger partial charge >= 0.3 is 41.8 Å². The lowest BCUT2D eigenvalue weighted by Crippen LogP contribution is -2.56. The molecule has 3 aromatic carbocycles. The highest BCUT2D eigenvalue weighted by atomic mass is 16.5. The Morgan fingerprint density at radius 1 is 0.333 bits per heavy atom. The summed E-state index contributed by atoms with van der Waals surface area (Å²) >= 11 is 0. The predicted octanol–water partition coefficient (Wildman–Crippen LogP) is 3.60. The van der Waals surface area contributed by atoms with E-state index in [0.717, 1.165) is 6.42 Å². The van der Waals surface area contributed by atoms with Crippen molar-refractivity contribution in [2.75, 3.05) is 177 Å². The molecule has 1 aromatic heterocycles. The Labute approximate surface area is 750 Å². The Bertz CT molecular complexity index is 4390. The number of Topliss-reactive ketones (excluding diaryl/α,β-unsaturated/α-hetero) is 6. The molecule has 2 saturated heterocycles. The summed E-state index contributed by atoms with van der Waals surface area (Å²) in [6, 6.07) is 4.55. The Kier molecular flexibility index (Phi) is 46.3. The van der Waals surface area contributed by atoms with Crippen molar-refractivity contribution in [3.63, 3.8) is 0 Å². The lowest BCUT2D eigenvalue weighted by atomic mass is 10.0. The topological polar surface area (TPSA) is 558 Å². The fourth-order valence-electron chi connectivity index (χ4n) is 15.8. The molecule has 2 aliphatic heterocycles. The summed E-state index contributed by atoms with van der Waals surface area (Å²) in [5.74, 6) is -9.94. The minimum Gasteiger partial charge on any atom is -0.480 e. The normalized spacial score (nSPS) is 17.0. The molecule has 0 spiro atoms. The van der Waals surface area contributed by atoms with Gasteiger partial charge < -0.3 is 105 Å². The number of benzene rings is 2. The SMILES string of the molecule is CCCNc1c(NCCOCCOCCNc2nc(Nc3ccc(CCC(C(=O)O)N4CCN(C(C=O)CCC(C)=O)CCN(C(CCC(C)=O)C(=O)O)CCN(C(CCC(C)=O)C(=O)O)CC4)cc3)nc(Nc3ccc(CCC(C(=O)O)N4CCN(C(CCC(C)=O)C(=O)O)CCN(C(CCC(C)=O)C(=O)O)CCN(C(CCC(C)=O)C(=O)O)CC4)cc3)n2)c(=O)c1=O. The molecule has 129 heavy (non-hydrogen) atoms. The van der Waals surface area contributed by atoms with Gasteiger partial charge in [-0.15, -0.1) is 0 Å². The van der Waals surface area contributed by atoms with Crippen molar-refractivity contribution < 1.29 is 112 Å². The number of ether oxygens (including phenoxy) is 2. The van der Waals surface area contributed by atoms with Crippen LogP contribution in [-0.4, -0.2) is 372 Å². The zero-order chi connectivity index (χ0) is 94.8. The van der Waals surface area contributed by atoms with Crippen LogP contribution in [0.4, 0.5) is 40.6 Å². The number of aldehydes is 1. The van der Waals surface area contributed by atoms with E-state index in [1.165, 1.54) is 41.5 Å². The fraction of sp³-hybridized carbons (Fsp3) is 0.625. The molecule has 6 rings (SSSR count). The fourth-order valence-corrected chi connectivity index (χ4v) is 15.8. The third kappa shape index (κ3) is 37.2. The summed E-state index contributed by atoms with van der Waals surface area (Å²) in [5.41, 5.74) is 1.68. The molecular weight excluding hydrogens is 1680 g/mol. The van der Waals surface area contributed by atoms with E-state index in [4.69, 9.17) is 14.5 Å². The van der Waals surface area contributed by atoms with Crippen LogP contribution in [0.1, 0.15) is 156 Å². The molecule has 2 fully saturated rings. The number of carboxylic acid groups (broad SMARTS) is 7. The molecule has 41 nitrogen and oxygen atoms in total. The van der Waals surface area contributed by atoms with Gasteiger partial charge in [0, 0.05) is 174 Å². The van der Waals surface area contributed by atoms with E-state index in [2.05, 4.69) is 36.6 Å². The molecular formula is C88H130N16O25. The maximum absolute atomic E-state index is 13.6. The number of carbonyl (C=O) groups is 14. The van der Waals surface area contributed by atoms with E-state index in [0.29, 0.717) is 35.3 Å². The smallest absolute Gasteiger partial charge is 0.320 e. The van der Waals surface area contributed by atoms with Crippen molar-refractivity contribution >= 4 is 123 Å². The maximum Gasteiger partial charge on any atom is 0.320 e. The summed E-state index contributed by atoms with van der Waals surface area (Å²) in [4.78, 5) is 230. The summed E-state index contributed by atoms with van der Waals surface area (Å²) in [5, 5.41) is 90.8. The Balaban J connectivity index is 1.26. The zero-order valence-electron chi connectivity index (χ0n) is 75.0. The average Bonchev–Trinajstić information content (AvgIpc) is 0.782. The summed E-state index contributed by atoms with van der Waals surface area (Å²) in [7, 11) is 0. The monoisotopic (exact) mass is 1810 g/mol. The molecule has 0 saturated carbocycles. The van der Waals surface area contributed by atoms with E-state index in [9.17, 15) is 112 Å². The van der Waals surface area contributed by atoms with Crippen molar-refractivity contribution in [1.29, 1.82) is 0 Å². The van der Waals surface area contributed by atoms with E-state index in [1.807, 2.05) is 6.92 Å². The molecule has 712 valence electrons. The van der Waals surface area contributed by atoms with Gasteiger partial charge in [-0.25, -0.2) is 0 Å². The van der Waals surface area contributed by atoms with Crippen LogP contribution in [-0.2, 0) is 89.4 Å². The maximum atomic E-state index is 13.6. The largest absolute Gasteiger partial charge is 0.480 e. The molecule has 8 unspecified atom stereocenters. The highest BCUT2D eigenvalue weighted by molar-refractivity contribution is 5.82. The number of hydrogen-bond donors (Lipinski definition) is 12. The molecule has 8 atom stereocenters. The quantitative estimate of drug-likeness (QED) is 0.0171. The number of rotatable bonds is 58. The van der Waals surface area contributed by atoms with E-state index < -0.39 is 101 Å². The Morgan fingerprint density at radius 2 is 0.574 bits per heavy atom. The Hall–Kier alpha value is -10.9. The molecule has 0 bridgehead atoms. The number of hydrogen-bond acceptors (Lipinski definition) is 34. The lowest BCUT2D eigenvalue weighted by molar-refractivity contribution is -0.148. The number of carbonyl (C=O) groups excluding carboxylic acids is 7. The van der Waals surface area contributed by atoms with Gasteiger partial charge in [0.05, 0.1) is 32.5 Å². The molecule has 3 heterocycles. The average molecular weight is 1810 g/mol. The minimum atomic E-state index is -1.26. The number of nitrogens with zero attached hydrogens (tertiary/aromatic N) is 11. The van der Waals surface area contributed by atoms with Crippen LogP contribution in [0.25, 0.3) is 0 Å². The Morgan fingerprint density at radius 3 is 0.829 bits per heavy atom. The van der Waals surface area contributed by atoms with Gasteiger partial charge in [-0.3, -0.25) is 82.4 Å². The summed E-state index contributed by atoms with van der Waals surface area (Å²) < 4.78 is 11.5. The second-order valence-electron chi connectivity index (χ2n) is 32.9. The van der Waals surface area contributed by atoms with Crippen LogP contribution >= 0.6 is 0 Å². The lowest BCUT2D eigenvalue weighted by Gasteiger charge is -2.40. The van der Waals surface area contributed by atoms with Crippen molar-refractivity contribution in [2.24, 2.45) is 0 Å². The molecule has 12 N–H and O–H groups in total. The van der Waals surface area contributed by atoms with Gasteiger partial charge in [-0.2, -0.15) is 15.0 Å². The first-order valence-electron chi connectivity index (χ1n) is 44.1. The number of aryl methyl sites for hydroxylation is 2. The van der Waals surface area contributed by atoms with Crippen LogP contribution in [0.15, 0.2) is 58.1 Å². The molecule has 41 heteroatoms. The first-order chi connectivity index (χ1) is 61.5. The minimum absolute atomic E-state index is 0.00548. The van der Waals surface area contributed by atoms with Crippen molar-refractivity contribution in [3.05, 3.63) is 80.1 Å². The first kappa shape index (κ1) is 107. The van der Waals surface area contributed by atoms with E-state index in [-0.39, 0.29) is 311 Å². The van der Waals surface area contributed by atoms with Crippen molar-refractivity contribution in [1.82, 2.24) is 54.2 Å². The van der Waals surface area contributed by atoms with Crippen LogP contribution in [0.3, 0.4) is 0 Å². The van der Waals surface area contributed by atoms with Gasteiger partial charge in [0.1, 0.15) is 94.7 Å². The summed E-state index contributed by atoms with van der Waals surface area (Å²) in [6.07, 6.45) is 1.14. The van der Waals surface area contributed by atoms with Crippen molar-refractivity contribution in [3.8, 4) is 0 Å². The van der Waals surface area contributed by atoms with Gasteiger partial charge in [-0.1, -0.05) is 31.2 Å². The standard InChI is InChI=1S/C88H130N16O25/c1-8-33-89-75-76(78(113)77(75)112)90-34-52-128-54-55-129-53-35-91-86-94-87(92-65-21-15-63(16-22-65)19-31-73(84(124)125)99-39-37-97(67(56-105)25-9-57(2)106)36-38-98(68(79(114)115)26-10-58(3)107)40-42-100(43-41-99)69(80(116)117)27-11-59(4)108)96-88(95-86)93-66-23-17-64(18-24-66)20-32-74(85(126)127)104-50-48-102(71(82(120)121)29-13-61(6)110)46-44-101(70(81(118)119)28-12-60(5)109)45-47-103(49-51-104)72(83(122)123)30-14-62(7)111/h15-18,21-24,56,67-74,89-90H,8-14,19-20,25-55H2,1-7H3,(H,114,115)(H,116,117)(H,118,119)(H,120,121)(H,122,123)(H,124,125)(H,126,127)(H3,91,92,93,94,95,96). The third-order valence-corrected chi connectivity index (χ3v) is 23.1. The highest BCUT2D eigenvalue weighted by Gasteiger charge is 2.38. The number of aromatic nitrogens is 3. The molecule has 0 radical (unpaired) electrons. The third-order valence-electron chi connectivity index (χ3n) is 23.1. The number of ketones is 6. The number of anilines is 7. The van der Waals surface area contributed by atoms with Gasteiger partial charge in [0.25, 0.3) is 10.9 Å². The predicted molar refractivity (Wildman–Crippen MR) is 477 cm³/mol. The van der Waals surface area contributed by atoms with E-state index >= 15 is 0 Å². The number of nitrogens with one attached hydrogen (secondary N) is 5. The van der Waals surface area contributed by atoms with Crippen LogP contribution in [0.5, 0.6) is 0 Å². The first-order valence-corrected chi connectivity index (χ1v) is 44.1. The van der Waals surface area contributed by atoms with Crippen LogP contribution in [0, 0.1) is 0 Å².